The van der Waals surface area contributed by atoms with Gasteiger partial charge in [0.1, 0.15) is 12.2 Å². The summed E-state index contributed by atoms with van der Waals surface area (Å²) in [6.45, 7) is 6.24. The molecule has 3 fully saturated rings. The molecular formula is C26H36O8. The van der Waals surface area contributed by atoms with E-state index in [0.29, 0.717) is 18.8 Å². The average Bonchev–Trinajstić information content (AvgIpc) is 3.16. The second kappa shape index (κ2) is 8.93. The summed E-state index contributed by atoms with van der Waals surface area (Å²) >= 11 is 0. The van der Waals surface area contributed by atoms with Gasteiger partial charge in [-0.3, -0.25) is 4.79 Å². The molecule has 0 amide bonds. The molecule has 0 aromatic rings. The van der Waals surface area contributed by atoms with Gasteiger partial charge in [-0.1, -0.05) is 44.1 Å². The fourth-order valence-corrected chi connectivity index (χ4v) is 7.65. The molecule has 34 heavy (non-hydrogen) atoms. The van der Waals surface area contributed by atoms with Crippen LogP contribution >= 0.6 is 0 Å². The van der Waals surface area contributed by atoms with Gasteiger partial charge in [0.05, 0.1) is 20.1 Å². The van der Waals surface area contributed by atoms with Crippen LogP contribution in [0.5, 0.6) is 0 Å². The van der Waals surface area contributed by atoms with E-state index >= 15 is 0 Å². The van der Waals surface area contributed by atoms with Crippen LogP contribution in [0.15, 0.2) is 23.3 Å². The van der Waals surface area contributed by atoms with Gasteiger partial charge in [-0.15, -0.1) is 0 Å². The zero-order valence-corrected chi connectivity index (χ0v) is 20.7. The molecule has 8 nitrogen and oxygen atoms in total. The summed E-state index contributed by atoms with van der Waals surface area (Å²) in [5.41, 5.74) is 1.91. The highest BCUT2D eigenvalue weighted by Gasteiger charge is 2.60. The normalized spacial score (nSPS) is 39.3. The van der Waals surface area contributed by atoms with Crippen LogP contribution in [0.1, 0.15) is 59.3 Å². The fraction of sp³-hybridized carbons (Fsp3) is 0.731. The number of carboxylic acids is 1. The molecule has 188 valence electrons. The largest absolute Gasteiger partial charge is 0.508 e. The molecule has 0 aromatic heterocycles. The fourth-order valence-electron chi connectivity index (χ4n) is 7.65. The van der Waals surface area contributed by atoms with Crippen molar-refractivity contribution in [1.29, 1.82) is 0 Å². The van der Waals surface area contributed by atoms with Gasteiger partial charge in [-0.25, -0.2) is 9.59 Å². The van der Waals surface area contributed by atoms with E-state index in [1.165, 1.54) is 19.8 Å². The summed E-state index contributed by atoms with van der Waals surface area (Å²) in [6.07, 6.45) is 6.42. The summed E-state index contributed by atoms with van der Waals surface area (Å²) in [7, 11) is 2.55. The molecule has 1 N–H and O–H groups in total. The molecule has 0 radical (unpaired) electrons. The van der Waals surface area contributed by atoms with Crippen molar-refractivity contribution >= 4 is 18.3 Å². The van der Waals surface area contributed by atoms with Crippen molar-refractivity contribution in [3.63, 3.8) is 0 Å². The number of carbonyl (C=O) groups is 3. The second-order valence-corrected chi connectivity index (χ2v) is 10.8. The van der Waals surface area contributed by atoms with Crippen LogP contribution in [0.2, 0.25) is 0 Å². The number of carboxylic acid groups (broad SMARTS) is 1. The van der Waals surface area contributed by atoms with Crippen LogP contribution in [0.4, 0.5) is 9.59 Å². The maximum absolute atomic E-state index is 12.2. The van der Waals surface area contributed by atoms with E-state index in [0.717, 1.165) is 31.3 Å². The lowest BCUT2D eigenvalue weighted by Crippen LogP contribution is -2.54. The smallest absolute Gasteiger partial charge is 0.481 e. The summed E-state index contributed by atoms with van der Waals surface area (Å²) in [6, 6.07) is 0. The molecule has 8 atom stereocenters. The molecule has 4 aliphatic rings. The molecule has 1 unspecified atom stereocenters. The molecule has 3 saturated carbocycles. The van der Waals surface area contributed by atoms with Crippen molar-refractivity contribution in [2.24, 2.45) is 34.5 Å². The lowest BCUT2D eigenvalue weighted by molar-refractivity contribution is -0.145. The van der Waals surface area contributed by atoms with Gasteiger partial charge in [0, 0.05) is 18.3 Å². The Balaban J connectivity index is 1.68. The minimum absolute atomic E-state index is 0.0637. The van der Waals surface area contributed by atoms with E-state index in [4.69, 9.17) is 14.2 Å². The molecule has 0 saturated heterocycles. The third-order valence-corrected chi connectivity index (χ3v) is 9.50. The van der Waals surface area contributed by atoms with Gasteiger partial charge < -0.3 is 24.1 Å². The molecule has 0 aliphatic heterocycles. The molecule has 0 bridgehead atoms. The molecule has 8 heteroatoms. The molecule has 0 heterocycles. The number of ether oxygens (including phenoxy) is 4. The van der Waals surface area contributed by atoms with Crippen LogP contribution in [-0.4, -0.2) is 49.8 Å². The van der Waals surface area contributed by atoms with Gasteiger partial charge in [-0.05, 0) is 48.9 Å². The van der Waals surface area contributed by atoms with Crippen molar-refractivity contribution < 1.29 is 38.4 Å². The van der Waals surface area contributed by atoms with Crippen molar-refractivity contribution in [2.45, 2.75) is 71.5 Å². The summed E-state index contributed by atoms with van der Waals surface area (Å²) in [4.78, 5) is 35.8. The van der Waals surface area contributed by atoms with Crippen LogP contribution in [0, 0.1) is 34.5 Å². The molecule has 4 rings (SSSR count). The van der Waals surface area contributed by atoms with E-state index in [-0.39, 0.29) is 23.2 Å². The molecule has 0 aromatic carbocycles. The first-order chi connectivity index (χ1) is 16.1. The lowest BCUT2D eigenvalue weighted by Gasteiger charge is -2.56. The number of fused-ring (bicyclic) bond motifs is 5. The predicted molar refractivity (Wildman–Crippen MR) is 122 cm³/mol. The van der Waals surface area contributed by atoms with Crippen LogP contribution in [-0.2, 0) is 23.7 Å². The minimum Gasteiger partial charge on any atom is -0.481 e. The van der Waals surface area contributed by atoms with Crippen molar-refractivity contribution in [1.82, 2.24) is 0 Å². The number of aliphatic carboxylic acids is 1. The third-order valence-electron chi connectivity index (χ3n) is 9.50. The first kappa shape index (κ1) is 24.6. The van der Waals surface area contributed by atoms with Gasteiger partial charge in [-0.2, -0.15) is 0 Å². The first-order valence-electron chi connectivity index (χ1n) is 12.2. The highest BCUT2D eigenvalue weighted by atomic mass is 16.7. The SMILES string of the molecule is COC(=O)O[C@@H]1CC2=CC=C3[C@@H]4CC[C@H](C(C)C(=O)O)[C@@]4(C)CC[C@@H]3[C@@]2(C)[C@@H](OC(=O)OC)C1. The van der Waals surface area contributed by atoms with Crippen molar-refractivity contribution in [3.05, 3.63) is 23.3 Å². The van der Waals surface area contributed by atoms with Gasteiger partial charge in [0.25, 0.3) is 0 Å². The van der Waals surface area contributed by atoms with Gasteiger partial charge >= 0.3 is 18.3 Å². The monoisotopic (exact) mass is 476 g/mol. The van der Waals surface area contributed by atoms with Crippen molar-refractivity contribution in [3.8, 4) is 0 Å². The third kappa shape index (κ3) is 3.79. The Hall–Kier alpha value is -2.51. The Bertz CT molecular complexity index is 922. The van der Waals surface area contributed by atoms with Crippen molar-refractivity contribution in [2.75, 3.05) is 14.2 Å². The van der Waals surface area contributed by atoms with Gasteiger partial charge in [0.2, 0.25) is 0 Å². The number of methoxy groups -OCH3 is 2. The average molecular weight is 477 g/mol. The first-order valence-corrected chi connectivity index (χ1v) is 12.2. The van der Waals surface area contributed by atoms with E-state index in [1.807, 2.05) is 6.92 Å². The maximum atomic E-state index is 12.2. The summed E-state index contributed by atoms with van der Waals surface area (Å²) < 4.78 is 20.7. The van der Waals surface area contributed by atoms with Crippen LogP contribution in [0.3, 0.4) is 0 Å². The maximum Gasteiger partial charge on any atom is 0.508 e. The number of carbonyl (C=O) groups excluding carboxylic acids is 2. The topological polar surface area (TPSA) is 108 Å². The summed E-state index contributed by atoms with van der Waals surface area (Å²) in [5.74, 6) is -0.495. The van der Waals surface area contributed by atoms with Gasteiger partial charge in [0.15, 0.2) is 0 Å². The number of rotatable bonds is 4. The quantitative estimate of drug-likeness (QED) is 0.557. The lowest BCUT2D eigenvalue weighted by atomic mass is 9.49. The highest BCUT2D eigenvalue weighted by molar-refractivity contribution is 5.70. The predicted octanol–water partition coefficient (Wildman–Crippen LogP) is 5.12. The Morgan fingerprint density at radius 1 is 1.00 bits per heavy atom. The van der Waals surface area contributed by atoms with E-state index in [1.54, 1.807) is 0 Å². The van der Waals surface area contributed by atoms with E-state index in [9.17, 15) is 19.5 Å². The number of allylic oxidation sites excluding steroid dienone is 3. The zero-order chi connectivity index (χ0) is 24.8. The second-order valence-electron chi connectivity index (χ2n) is 10.8. The van der Waals surface area contributed by atoms with E-state index in [2.05, 4.69) is 30.7 Å². The van der Waals surface area contributed by atoms with Crippen LogP contribution in [0.25, 0.3) is 0 Å². The molecule has 4 aliphatic carbocycles. The molecular weight excluding hydrogens is 440 g/mol. The Labute approximate surface area is 200 Å². The highest BCUT2D eigenvalue weighted by Crippen LogP contribution is 2.66. The van der Waals surface area contributed by atoms with Crippen LogP contribution < -0.4 is 0 Å². The van der Waals surface area contributed by atoms with E-state index < -0.39 is 35.9 Å². The number of hydrogen-bond donors (Lipinski definition) is 1. The zero-order valence-electron chi connectivity index (χ0n) is 20.7. The Morgan fingerprint density at radius 3 is 2.32 bits per heavy atom. The Kier molecular flexibility index (Phi) is 6.46. The molecule has 0 spiro atoms. The number of hydrogen-bond acceptors (Lipinski definition) is 7. The Morgan fingerprint density at radius 2 is 1.68 bits per heavy atom. The minimum atomic E-state index is -0.754. The summed E-state index contributed by atoms with van der Waals surface area (Å²) in [5, 5.41) is 9.69. The standard InChI is InChI=1S/C26H36O8/c1-14(22(27)28)18-8-9-19-17-7-6-15-12-16(33-23(29)31-4)13-21(34-24(30)32-5)26(15,3)20(17)10-11-25(18,19)2/h6-7,14,16,18-21H,8-13H2,1-5H3,(H,27,28)/t14?,16-,18-,19+,20+,21+,25-,26+/m1/s1.